The SMILES string of the molecule is CCOCCOCCOCCOCCC(=O)N1CCN(c2ccc(-n3c(=O)n(C)c4cnc5ccc(-c6ccc(C)nc6)cc5c43)cc2C)CC1. The van der Waals surface area contributed by atoms with E-state index in [1.807, 2.05) is 49.2 Å². The zero-order valence-electron chi connectivity index (χ0n) is 30.1. The molecule has 12 nitrogen and oxygen atoms in total. The second-order valence-corrected chi connectivity index (χ2v) is 12.7. The fourth-order valence-corrected chi connectivity index (χ4v) is 6.51. The molecule has 270 valence electrons. The van der Waals surface area contributed by atoms with Gasteiger partial charge in [-0.05, 0) is 68.3 Å². The molecule has 0 bridgehead atoms. The molecule has 51 heavy (non-hydrogen) atoms. The van der Waals surface area contributed by atoms with Gasteiger partial charge in [0.05, 0.1) is 81.1 Å². The average molecular weight is 697 g/mol. The number of aromatic nitrogens is 4. The predicted molar refractivity (Wildman–Crippen MR) is 199 cm³/mol. The van der Waals surface area contributed by atoms with Crippen LogP contribution in [0.4, 0.5) is 5.69 Å². The molecule has 0 aliphatic carbocycles. The van der Waals surface area contributed by atoms with Crippen LogP contribution in [0, 0.1) is 13.8 Å². The molecule has 1 aliphatic heterocycles. The lowest BCUT2D eigenvalue weighted by Crippen LogP contribution is -2.49. The number of ether oxygens (including phenoxy) is 4. The summed E-state index contributed by atoms with van der Waals surface area (Å²) in [7, 11) is 1.79. The Morgan fingerprint density at radius 2 is 1.45 bits per heavy atom. The quantitative estimate of drug-likeness (QED) is 0.136. The van der Waals surface area contributed by atoms with Crippen molar-refractivity contribution in [1.82, 2.24) is 24.0 Å². The van der Waals surface area contributed by atoms with E-state index < -0.39 is 0 Å². The van der Waals surface area contributed by atoms with Crippen molar-refractivity contribution in [3.63, 3.8) is 0 Å². The Balaban J connectivity index is 1.06. The van der Waals surface area contributed by atoms with Crippen molar-refractivity contribution in [3.05, 3.63) is 82.7 Å². The van der Waals surface area contributed by atoms with Crippen molar-refractivity contribution < 1.29 is 23.7 Å². The Morgan fingerprint density at radius 3 is 2.12 bits per heavy atom. The van der Waals surface area contributed by atoms with Crippen LogP contribution in [0.5, 0.6) is 0 Å². The number of nitrogens with zero attached hydrogens (tertiary/aromatic N) is 6. The number of amides is 1. The maximum absolute atomic E-state index is 13.7. The summed E-state index contributed by atoms with van der Waals surface area (Å²) < 4.78 is 25.2. The van der Waals surface area contributed by atoms with Gasteiger partial charge in [0.25, 0.3) is 0 Å². The van der Waals surface area contributed by atoms with Crippen LogP contribution in [0.3, 0.4) is 0 Å². The minimum atomic E-state index is -0.129. The van der Waals surface area contributed by atoms with E-state index in [1.54, 1.807) is 22.4 Å². The van der Waals surface area contributed by atoms with Gasteiger partial charge in [0.1, 0.15) is 0 Å². The number of aryl methyl sites for hydroxylation is 3. The highest BCUT2D eigenvalue weighted by atomic mass is 16.6. The highest BCUT2D eigenvalue weighted by Gasteiger charge is 2.23. The minimum absolute atomic E-state index is 0.101. The molecule has 1 saturated heterocycles. The molecule has 1 aliphatic rings. The Bertz CT molecular complexity index is 2000. The molecular formula is C39H48N6O6. The zero-order chi connectivity index (χ0) is 35.7. The van der Waals surface area contributed by atoms with Gasteiger partial charge < -0.3 is 28.7 Å². The lowest BCUT2D eigenvalue weighted by atomic mass is 10.0. The van der Waals surface area contributed by atoms with E-state index in [0.717, 1.165) is 68.8 Å². The molecule has 2 aromatic carbocycles. The smallest absolute Gasteiger partial charge is 0.333 e. The van der Waals surface area contributed by atoms with Crippen molar-refractivity contribution in [2.24, 2.45) is 7.05 Å². The van der Waals surface area contributed by atoms with Gasteiger partial charge in [-0.3, -0.25) is 23.9 Å². The van der Waals surface area contributed by atoms with Crippen LogP contribution in [0.2, 0.25) is 0 Å². The number of imidazole rings is 1. The van der Waals surface area contributed by atoms with Crippen LogP contribution in [-0.4, -0.2) is 109 Å². The fraction of sp³-hybridized carbons (Fsp3) is 0.436. The normalized spacial score (nSPS) is 13.5. The molecule has 12 heteroatoms. The second-order valence-electron chi connectivity index (χ2n) is 12.7. The summed E-state index contributed by atoms with van der Waals surface area (Å²) in [4.78, 5) is 40.0. The van der Waals surface area contributed by atoms with Crippen molar-refractivity contribution >= 4 is 33.5 Å². The average Bonchev–Trinajstić information content (AvgIpc) is 3.41. The van der Waals surface area contributed by atoms with Gasteiger partial charge in [-0.2, -0.15) is 0 Å². The molecular weight excluding hydrogens is 648 g/mol. The molecule has 5 aromatic rings. The largest absolute Gasteiger partial charge is 0.379 e. The van der Waals surface area contributed by atoms with E-state index >= 15 is 0 Å². The molecule has 3 aromatic heterocycles. The highest BCUT2D eigenvalue weighted by Crippen LogP contribution is 2.31. The van der Waals surface area contributed by atoms with Gasteiger partial charge in [-0.1, -0.05) is 12.1 Å². The number of carbonyl (C=O) groups excluding carboxylic acids is 1. The Labute approximate surface area is 298 Å². The summed E-state index contributed by atoms with van der Waals surface area (Å²) in [5, 5.41) is 0.902. The first-order chi connectivity index (χ1) is 24.9. The summed E-state index contributed by atoms with van der Waals surface area (Å²) in [5.41, 5.74) is 8.22. The third kappa shape index (κ3) is 8.48. The monoisotopic (exact) mass is 696 g/mol. The van der Waals surface area contributed by atoms with Crippen LogP contribution in [0.25, 0.3) is 38.8 Å². The number of benzene rings is 2. The summed E-state index contributed by atoms with van der Waals surface area (Å²) in [6.07, 6.45) is 4.00. The van der Waals surface area contributed by atoms with E-state index in [-0.39, 0.29) is 11.6 Å². The number of anilines is 1. The second kappa shape index (κ2) is 17.1. The zero-order valence-corrected chi connectivity index (χ0v) is 30.1. The molecule has 6 rings (SSSR count). The van der Waals surface area contributed by atoms with E-state index in [1.165, 1.54) is 0 Å². The summed E-state index contributed by atoms with van der Waals surface area (Å²) in [6, 6.07) is 16.4. The van der Waals surface area contributed by atoms with Crippen molar-refractivity contribution in [3.8, 4) is 16.8 Å². The molecule has 4 heterocycles. The van der Waals surface area contributed by atoms with E-state index in [4.69, 9.17) is 18.9 Å². The topological polar surface area (TPSA) is 113 Å². The van der Waals surface area contributed by atoms with Crippen LogP contribution >= 0.6 is 0 Å². The Morgan fingerprint density at radius 1 is 0.765 bits per heavy atom. The maximum Gasteiger partial charge on any atom is 0.333 e. The van der Waals surface area contributed by atoms with Gasteiger partial charge in [-0.15, -0.1) is 0 Å². The van der Waals surface area contributed by atoms with Crippen LogP contribution in [0.15, 0.2) is 65.7 Å². The number of pyridine rings is 2. The first kappa shape index (κ1) is 36.2. The first-order valence-electron chi connectivity index (χ1n) is 17.7. The van der Waals surface area contributed by atoms with Crippen LogP contribution < -0.4 is 10.6 Å². The number of piperazine rings is 1. The maximum atomic E-state index is 13.7. The third-order valence-electron chi connectivity index (χ3n) is 9.32. The van der Waals surface area contributed by atoms with E-state index in [2.05, 4.69) is 46.1 Å². The lowest BCUT2D eigenvalue weighted by molar-refractivity contribution is -0.132. The van der Waals surface area contributed by atoms with E-state index in [9.17, 15) is 9.59 Å². The molecule has 0 radical (unpaired) electrons. The molecule has 1 amide bonds. The summed E-state index contributed by atoms with van der Waals surface area (Å²) in [5.74, 6) is 0.101. The molecule has 1 fully saturated rings. The summed E-state index contributed by atoms with van der Waals surface area (Å²) in [6.45, 7) is 12.9. The number of hydrogen-bond acceptors (Lipinski definition) is 9. The number of rotatable bonds is 16. The molecule has 0 spiro atoms. The van der Waals surface area contributed by atoms with Crippen molar-refractivity contribution in [2.45, 2.75) is 27.2 Å². The van der Waals surface area contributed by atoms with Crippen LogP contribution in [-0.2, 0) is 30.8 Å². The van der Waals surface area contributed by atoms with Gasteiger partial charge >= 0.3 is 5.69 Å². The Kier molecular flexibility index (Phi) is 12.1. The van der Waals surface area contributed by atoms with Crippen molar-refractivity contribution in [2.75, 3.05) is 83.9 Å². The molecule has 0 saturated carbocycles. The minimum Gasteiger partial charge on any atom is -0.379 e. The summed E-state index contributed by atoms with van der Waals surface area (Å²) >= 11 is 0. The van der Waals surface area contributed by atoms with E-state index in [0.29, 0.717) is 72.4 Å². The van der Waals surface area contributed by atoms with Gasteiger partial charge in [-0.25, -0.2) is 4.79 Å². The van der Waals surface area contributed by atoms with Crippen molar-refractivity contribution in [1.29, 1.82) is 0 Å². The Hall–Kier alpha value is -4.62. The number of carbonyl (C=O) groups is 1. The van der Waals surface area contributed by atoms with Crippen LogP contribution in [0.1, 0.15) is 24.6 Å². The fourth-order valence-electron chi connectivity index (χ4n) is 6.51. The predicted octanol–water partition coefficient (Wildman–Crippen LogP) is 4.68. The number of fused-ring (bicyclic) bond motifs is 3. The standard InChI is InChI=1S/C39H48N6O6/c1-5-48-18-19-50-22-23-51-21-20-49-17-12-37(46)44-15-13-43(14-16-44)35-11-9-32(24-28(35)2)45-38-33-25-30(31-7-6-29(3)40-26-31)8-10-34(33)41-27-36(38)42(4)39(45)47/h6-11,24-27H,5,12-23H2,1-4H3. The molecule has 0 atom stereocenters. The third-order valence-corrected chi connectivity index (χ3v) is 9.32. The van der Waals surface area contributed by atoms with Gasteiger partial charge in [0.15, 0.2) is 0 Å². The van der Waals surface area contributed by atoms with Gasteiger partial charge in [0, 0.05) is 68.4 Å². The first-order valence-corrected chi connectivity index (χ1v) is 17.7. The molecule has 0 unspecified atom stereocenters. The number of hydrogen-bond donors (Lipinski definition) is 0. The molecule has 0 N–H and O–H groups in total. The van der Waals surface area contributed by atoms with Gasteiger partial charge in [0.2, 0.25) is 5.91 Å². The lowest BCUT2D eigenvalue weighted by Gasteiger charge is -2.37. The highest BCUT2D eigenvalue weighted by molar-refractivity contribution is 6.04.